The van der Waals surface area contributed by atoms with E-state index in [1.807, 2.05) is 25.1 Å². The normalized spacial score (nSPS) is 10.0. The first-order valence-electron chi connectivity index (χ1n) is 5.30. The number of H-pyrrole nitrogens is 1. The number of anilines is 1. The molecule has 0 radical (unpaired) electrons. The molecule has 0 atom stereocenters. The van der Waals surface area contributed by atoms with Gasteiger partial charge in [-0.2, -0.15) is 0 Å². The number of aromatic nitrogens is 1. The summed E-state index contributed by atoms with van der Waals surface area (Å²) < 4.78 is 5.19. The van der Waals surface area contributed by atoms with E-state index in [0.717, 1.165) is 5.56 Å². The summed E-state index contributed by atoms with van der Waals surface area (Å²) in [5.41, 5.74) is 2.26. The first-order valence-corrected chi connectivity index (χ1v) is 5.30. The first kappa shape index (κ1) is 11.3. The van der Waals surface area contributed by atoms with Crippen molar-refractivity contribution in [3.63, 3.8) is 0 Å². The Hall–Kier alpha value is -2.23. The van der Waals surface area contributed by atoms with Gasteiger partial charge in [0, 0.05) is 6.20 Å². The van der Waals surface area contributed by atoms with Gasteiger partial charge in [-0.3, -0.25) is 4.79 Å². The molecule has 0 spiro atoms. The maximum atomic E-state index is 11.9. The zero-order chi connectivity index (χ0) is 12.3. The molecule has 2 aromatic rings. The molecule has 0 fully saturated rings. The van der Waals surface area contributed by atoms with Gasteiger partial charge in [0.05, 0.1) is 12.8 Å². The van der Waals surface area contributed by atoms with Gasteiger partial charge < -0.3 is 15.0 Å². The van der Waals surface area contributed by atoms with Crippen molar-refractivity contribution in [3.8, 4) is 5.75 Å². The third kappa shape index (κ3) is 2.47. The number of hydrogen-bond acceptors (Lipinski definition) is 2. The standard InChI is InChI=1S/C13H14N2O2/c1-9-5-6-12(17-2)11(8-9)15-13(16)10-4-3-7-14-10/h3-8,14H,1-2H3,(H,15,16). The number of benzene rings is 1. The number of methoxy groups -OCH3 is 1. The van der Waals surface area contributed by atoms with Crippen LogP contribution in [0.5, 0.6) is 5.75 Å². The summed E-state index contributed by atoms with van der Waals surface area (Å²) in [5.74, 6) is 0.467. The number of rotatable bonds is 3. The molecule has 0 aliphatic heterocycles. The number of carbonyl (C=O) groups is 1. The lowest BCUT2D eigenvalue weighted by atomic mass is 10.2. The SMILES string of the molecule is COc1ccc(C)cc1NC(=O)c1ccc[nH]1. The first-order chi connectivity index (χ1) is 8.20. The van der Waals surface area contributed by atoms with E-state index in [1.54, 1.807) is 25.4 Å². The summed E-state index contributed by atoms with van der Waals surface area (Å²) in [6.07, 6.45) is 1.71. The van der Waals surface area contributed by atoms with E-state index in [9.17, 15) is 4.79 Å². The minimum Gasteiger partial charge on any atom is -0.495 e. The molecule has 0 saturated carbocycles. The lowest BCUT2D eigenvalue weighted by molar-refractivity contribution is 0.102. The van der Waals surface area contributed by atoms with Gasteiger partial charge in [-0.15, -0.1) is 0 Å². The summed E-state index contributed by atoms with van der Waals surface area (Å²) in [6, 6.07) is 9.14. The molecule has 0 aliphatic rings. The maximum Gasteiger partial charge on any atom is 0.272 e. The number of hydrogen-bond donors (Lipinski definition) is 2. The molecule has 4 nitrogen and oxygen atoms in total. The average Bonchev–Trinajstić information content (AvgIpc) is 2.83. The monoisotopic (exact) mass is 230 g/mol. The topological polar surface area (TPSA) is 54.1 Å². The number of ether oxygens (including phenoxy) is 1. The number of carbonyl (C=O) groups excluding carboxylic acids is 1. The summed E-state index contributed by atoms with van der Waals surface area (Å²) in [6.45, 7) is 1.96. The minimum absolute atomic E-state index is 0.182. The molecule has 1 heterocycles. The van der Waals surface area contributed by atoms with Crippen LogP contribution < -0.4 is 10.1 Å². The highest BCUT2D eigenvalue weighted by atomic mass is 16.5. The maximum absolute atomic E-state index is 11.9. The Morgan fingerprint density at radius 3 is 2.82 bits per heavy atom. The summed E-state index contributed by atoms with van der Waals surface area (Å²) >= 11 is 0. The highest BCUT2D eigenvalue weighted by Crippen LogP contribution is 2.25. The Labute approximate surface area is 99.6 Å². The number of amides is 1. The zero-order valence-electron chi connectivity index (χ0n) is 9.78. The predicted molar refractivity (Wildman–Crippen MR) is 66.5 cm³/mol. The van der Waals surface area contributed by atoms with Crippen LogP contribution in [0.3, 0.4) is 0 Å². The summed E-state index contributed by atoms with van der Waals surface area (Å²) in [5, 5.41) is 2.81. The molecule has 2 rings (SSSR count). The Morgan fingerprint density at radius 1 is 1.35 bits per heavy atom. The van der Waals surface area contributed by atoms with Crippen LogP contribution in [0.25, 0.3) is 0 Å². The van der Waals surface area contributed by atoms with Crippen LogP contribution in [0.15, 0.2) is 36.5 Å². The second-order valence-electron chi connectivity index (χ2n) is 3.74. The molecule has 88 valence electrons. The Balaban J connectivity index is 2.23. The van der Waals surface area contributed by atoms with E-state index in [0.29, 0.717) is 17.1 Å². The Morgan fingerprint density at radius 2 is 2.18 bits per heavy atom. The summed E-state index contributed by atoms with van der Waals surface area (Å²) in [7, 11) is 1.58. The van der Waals surface area contributed by atoms with Crippen molar-refractivity contribution in [1.29, 1.82) is 0 Å². The van der Waals surface area contributed by atoms with Crippen molar-refractivity contribution in [3.05, 3.63) is 47.8 Å². The van der Waals surface area contributed by atoms with Crippen molar-refractivity contribution in [1.82, 2.24) is 4.98 Å². The lowest BCUT2D eigenvalue weighted by Crippen LogP contribution is -2.13. The Kier molecular flexibility index (Phi) is 3.14. The van der Waals surface area contributed by atoms with Crippen LogP contribution in [0, 0.1) is 6.92 Å². The van der Waals surface area contributed by atoms with Gasteiger partial charge in [-0.05, 0) is 36.8 Å². The van der Waals surface area contributed by atoms with Gasteiger partial charge in [-0.1, -0.05) is 6.07 Å². The summed E-state index contributed by atoms with van der Waals surface area (Å²) in [4.78, 5) is 14.7. The van der Waals surface area contributed by atoms with Gasteiger partial charge in [0.15, 0.2) is 0 Å². The highest BCUT2D eigenvalue weighted by molar-refractivity contribution is 6.03. The third-order valence-electron chi connectivity index (χ3n) is 2.45. The number of aromatic amines is 1. The highest BCUT2D eigenvalue weighted by Gasteiger charge is 2.10. The van der Waals surface area contributed by atoms with E-state index in [-0.39, 0.29) is 5.91 Å². The molecular formula is C13H14N2O2. The molecule has 4 heteroatoms. The zero-order valence-corrected chi connectivity index (χ0v) is 9.78. The molecule has 0 unspecified atom stereocenters. The van der Waals surface area contributed by atoms with Crippen molar-refractivity contribution < 1.29 is 9.53 Å². The smallest absolute Gasteiger partial charge is 0.272 e. The van der Waals surface area contributed by atoms with Crippen LogP contribution in [0.4, 0.5) is 5.69 Å². The second-order valence-corrected chi connectivity index (χ2v) is 3.74. The lowest BCUT2D eigenvalue weighted by Gasteiger charge is -2.10. The van der Waals surface area contributed by atoms with Crippen LogP contribution in [0.2, 0.25) is 0 Å². The molecule has 0 bridgehead atoms. The Bertz CT molecular complexity index is 518. The van der Waals surface area contributed by atoms with E-state index in [2.05, 4.69) is 10.3 Å². The molecule has 0 saturated heterocycles. The molecule has 1 amide bonds. The van der Waals surface area contributed by atoms with Gasteiger partial charge in [-0.25, -0.2) is 0 Å². The van der Waals surface area contributed by atoms with Gasteiger partial charge in [0.25, 0.3) is 5.91 Å². The molecule has 0 aliphatic carbocycles. The van der Waals surface area contributed by atoms with Gasteiger partial charge in [0.2, 0.25) is 0 Å². The molecule has 1 aromatic heterocycles. The number of nitrogens with one attached hydrogen (secondary N) is 2. The quantitative estimate of drug-likeness (QED) is 0.851. The van der Waals surface area contributed by atoms with Crippen LogP contribution in [0.1, 0.15) is 16.1 Å². The molecule has 1 aromatic carbocycles. The largest absolute Gasteiger partial charge is 0.495 e. The predicted octanol–water partition coefficient (Wildman–Crippen LogP) is 2.58. The average molecular weight is 230 g/mol. The molecular weight excluding hydrogens is 216 g/mol. The third-order valence-corrected chi connectivity index (χ3v) is 2.45. The van der Waals surface area contributed by atoms with Crippen LogP contribution in [-0.2, 0) is 0 Å². The van der Waals surface area contributed by atoms with E-state index in [1.165, 1.54) is 0 Å². The fourth-order valence-corrected chi connectivity index (χ4v) is 1.58. The van der Waals surface area contributed by atoms with Crippen molar-refractivity contribution >= 4 is 11.6 Å². The number of aryl methyl sites for hydroxylation is 1. The van der Waals surface area contributed by atoms with Crippen LogP contribution in [-0.4, -0.2) is 18.0 Å². The van der Waals surface area contributed by atoms with Gasteiger partial charge in [0.1, 0.15) is 11.4 Å². The van der Waals surface area contributed by atoms with Crippen LogP contribution >= 0.6 is 0 Å². The van der Waals surface area contributed by atoms with E-state index >= 15 is 0 Å². The second kappa shape index (κ2) is 4.74. The van der Waals surface area contributed by atoms with E-state index in [4.69, 9.17) is 4.74 Å². The molecule has 2 N–H and O–H groups in total. The van der Waals surface area contributed by atoms with Gasteiger partial charge >= 0.3 is 0 Å². The van der Waals surface area contributed by atoms with E-state index < -0.39 is 0 Å². The molecule has 17 heavy (non-hydrogen) atoms. The fraction of sp³-hybridized carbons (Fsp3) is 0.154. The minimum atomic E-state index is -0.182. The van der Waals surface area contributed by atoms with Crippen molar-refractivity contribution in [2.45, 2.75) is 6.92 Å². The van der Waals surface area contributed by atoms with Crippen molar-refractivity contribution in [2.75, 3.05) is 12.4 Å². The fourth-order valence-electron chi connectivity index (χ4n) is 1.58. The van der Waals surface area contributed by atoms with Crippen molar-refractivity contribution in [2.24, 2.45) is 0 Å².